The Morgan fingerprint density at radius 3 is 2.53 bits per heavy atom. The Morgan fingerprint density at radius 1 is 1.29 bits per heavy atom. The van der Waals surface area contributed by atoms with Gasteiger partial charge in [0, 0.05) is 25.3 Å². The second kappa shape index (κ2) is 6.91. The van der Waals surface area contributed by atoms with Gasteiger partial charge in [-0.15, -0.1) is 0 Å². The fraction of sp³-hybridized carbons (Fsp3) is 0.462. The topological polar surface area (TPSA) is 58.4 Å². The van der Waals surface area contributed by atoms with Crippen LogP contribution < -0.4 is 11.1 Å². The molecule has 0 spiro atoms. The van der Waals surface area contributed by atoms with Crippen molar-refractivity contribution in [1.82, 2.24) is 10.2 Å². The van der Waals surface area contributed by atoms with Gasteiger partial charge in [0.25, 0.3) is 0 Å². The van der Waals surface area contributed by atoms with Gasteiger partial charge in [-0.05, 0) is 25.5 Å². The summed E-state index contributed by atoms with van der Waals surface area (Å²) < 4.78 is 0. The van der Waals surface area contributed by atoms with E-state index < -0.39 is 0 Å². The second-order valence-electron chi connectivity index (χ2n) is 3.87. The number of hydrogen-bond acceptors (Lipinski definition) is 3. The molecule has 0 saturated heterocycles. The lowest BCUT2D eigenvalue weighted by Gasteiger charge is -2.18. The van der Waals surface area contributed by atoms with E-state index in [2.05, 4.69) is 5.32 Å². The highest BCUT2D eigenvalue weighted by molar-refractivity contribution is 5.78. The van der Waals surface area contributed by atoms with E-state index in [1.54, 1.807) is 4.90 Å². The Bertz CT molecular complexity index is 361. The van der Waals surface area contributed by atoms with Crippen molar-refractivity contribution in [1.29, 1.82) is 0 Å². The second-order valence-corrected chi connectivity index (χ2v) is 3.87. The van der Waals surface area contributed by atoms with Gasteiger partial charge in [0.05, 0.1) is 6.54 Å². The summed E-state index contributed by atoms with van der Waals surface area (Å²) in [6.07, 6.45) is 0. The summed E-state index contributed by atoms with van der Waals surface area (Å²) in [6.45, 7) is 6.46. The van der Waals surface area contributed by atoms with Crippen molar-refractivity contribution in [3.05, 3.63) is 29.8 Å². The number of likely N-dealkylation sites (N-methyl/N-ethyl adjacent to an activating group) is 1. The van der Waals surface area contributed by atoms with E-state index in [0.29, 0.717) is 13.1 Å². The van der Waals surface area contributed by atoms with E-state index in [4.69, 9.17) is 5.73 Å². The third kappa shape index (κ3) is 4.07. The molecule has 0 aliphatic heterocycles. The van der Waals surface area contributed by atoms with Gasteiger partial charge < -0.3 is 16.0 Å². The van der Waals surface area contributed by atoms with Crippen LogP contribution in [0.15, 0.2) is 24.3 Å². The molecule has 1 aromatic rings. The standard InChI is InChI=1S/C13H21N3O/c1-3-16(4-2)13(17)10-15-9-11-7-5-6-8-12(11)14/h5-8,15H,3-4,9-10,14H2,1-2H3. The van der Waals surface area contributed by atoms with Gasteiger partial charge in [0.1, 0.15) is 0 Å². The van der Waals surface area contributed by atoms with E-state index in [9.17, 15) is 4.79 Å². The van der Waals surface area contributed by atoms with Crippen LogP contribution in [0.2, 0.25) is 0 Å². The molecule has 0 bridgehead atoms. The van der Waals surface area contributed by atoms with Crippen molar-refractivity contribution < 1.29 is 4.79 Å². The van der Waals surface area contributed by atoms with Crippen LogP contribution >= 0.6 is 0 Å². The lowest BCUT2D eigenvalue weighted by molar-refractivity contribution is -0.129. The molecule has 4 nitrogen and oxygen atoms in total. The summed E-state index contributed by atoms with van der Waals surface area (Å²) in [7, 11) is 0. The van der Waals surface area contributed by atoms with Gasteiger partial charge in [-0.2, -0.15) is 0 Å². The summed E-state index contributed by atoms with van der Waals surface area (Å²) in [4.78, 5) is 13.5. The third-order valence-corrected chi connectivity index (χ3v) is 2.76. The van der Waals surface area contributed by atoms with Crippen molar-refractivity contribution >= 4 is 11.6 Å². The fourth-order valence-electron chi connectivity index (χ4n) is 1.69. The van der Waals surface area contributed by atoms with Gasteiger partial charge >= 0.3 is 0 Å². The van der Waals surface area contributed by atoms with Crippen LogP contribution in [-0.4, -0.2) is 30.4 Å². The van der Waals surface area contributed by atoms with Gasteiger partial charge in [0.2, 0.25) is 5.91 Å². The molecule has 0 atom stereocenters. The summed E-state index contributed by atoms with van der Waals surface area (Å²) in [5.41, 5.74) is 7.60. The molecule has 4 heteroatoms. The van der Waals surface area contributed by atoms with Crippen molar-refractivity contribution in [2.75, 3.05) is 25.4 Å². The zero-order chi connectivity index (χ0) is 12.7. The van der Waals surface area contributed by atoms with Crippen LogP contribution in [0.4, 0.5) is 5.69 Å². The monoisotopic (exact) mass is 235 g/mol. The van der Waals surface area contributed by atoms with Gasteiger partial charge in [-0.3, -0.25) is 4.79 Å². The number of amides is 1. The normalized spacial score (nSPS) is 10.2. The quantitative estimate of drug-likeness (QED) is 0.729. The van der Waals surface area contributed by atoms with E-state index in [1.165, 1.54) is 0 Å². The van der Waals surface area contributed by atoms with Crippen LogP contribution in [0.25, 0.3) is 0 Å². The fourth-order valence-corrected chi connectivity index (χ4v) is 1.69. The van der Waals surface area contributed by atoms with Crippen LogP contribution in [0, 0.1) is 0 Å². The van der Waals surface area contributed by atoms with Crippen molar-refractivity contribution in [3.63, 3.8) is 0 Å². The van der Waals surface area contributed by atoms with Crippen LogP contribution in [-0.2, 0) is 11.3 Å². The number of nitrogens with one attached hydrogen (secondary N) is 1. The summed E-state index contributed by atoms with van der Waals surface area (Å²) >= 11 is 0. The number of rotatable bonds is 6. The molecule has 0 fully saturated rings. The SMILES string of the molecule is CCN(CC)C(=O)CNCc1ccccc1N. The van der Waals surface area contributed by atoms with Crippen molar-refractivity contribution in [2.24, 2.45) is 0 Å². The number of para-hydroxylation sites is 1. The Balaban J connectivity index is 2.38. The Hall–Kier alpha value is -1.55. The molecule has 0 heterocycles. The maximum absolute atomic E-state index is 11.7. The smallest absolute Gasteiger partial charge is 0.236 e. The lowest BCUT2D eigenvalue weighted by atomic mass is 10.2. The predicted octanol–water partition coefficient (Wildman–Crippen LogP) is 1.23. The first kappa shape index (κ1) is 13.5. The number of hydrogen-bond donors (Lipinski definition) is 2. The average molecular weight is 235 g/mol. The van der Waals surface area contributed by atoms with Crippen LogP contribution in [0.5, 0.6) is 0 Å². The number of nitrogen functional groups attached to an aromatic ring is 1. The molecule has 0 aliphatic carbocycles. The summed E-state index contributed by atoms with van der Waals surface area (Å²) in [5.74, 6) is 0.129. The lowest BCUT2D eigenvalue weighted by Crippen LogP contribution is -2.37. The zero-order valence-corrected chi connectivity index (χ0v) is 10.6. The number of benzene rings is 1. The van der Waals surface area contributed by atoms with Gasteiger partial charge in [0.15, 0.2) is 0 Å². The summed E-state index contributed by atoms with van der Waals surface area (Å²) in [6, 6.07) is 7.67. The summed E-state index contributed by atoms with van der Waals surface area (Å²) in [5, 5.41) is 3.12. The minimum Gasteiger partial charge on any atom is -0.398 e. The molecule has 0 aromatic heterocycles. The molecule has 1 amide bonds. The molecule has 0 aliphatic rings. The Morgan fingerprint density at radius 2 is 1.94 bits per heavy atom. The van der Waals surface area contributed by atoms with Crippen LogP contribution in [0.3, 0.4) is 0 Å². The highest BCUT2D eigenvalue weighted by Gasteiger charge is 2.08. The molecule has 3 N–H and O–H groups in total. The molecule has 17 heavy (non-hydrogen) atoms. The molecule has 0 unspecified atom stereocenters. The van der Waals surface area contributed by atoms with Gasteiger partial charge in [-0.25, -0.2) is 0 Å². The van der Waals surface area contributed by atoms with E-state index in [1.807, 2.05) is 38.1 Å². The molecule has 1 aromatic carbocycles. The first-order valence-corrected chi connectivity index (χ1v) is 6.00. The number of nitrogens with zero attached hydrogens (tertiary/aromatic N) is 1. The van der Waals surface area contributed by atoms with Gasteiger partial charge in [-0.1, -0.05) is 18.2 Å². The maximum atomic E-state index is 11.7. The van der Waals surface area contributed by atoms with Crippen molar-refractivity contribution in [3.8, 4) is 0 Å². The number of anilines is 1. The first-order chi connectivity index (χ1) is 8.19. The van der Waals surface area contributed by atoms with Crippen LogP contribution in [0.1, 0.15) is 19.4 Å². The number of carbonyl (C=O) groups is 1. The largest absolute Gasteiger partial charge is 0.398 e. The number of nitrogens with two attached hydrogens (primary N) is 1. The van der Waals surface area contributed by atoms with E-state index >= 15 is 0 Å². The molecule has 0 saturated carbocycles. The van der Waals surface area contributed by atoms with Crippen molar-refractivity contribution in [2.45, 2.75) is 20.4 Å². The highest BCUT2D eigenvalue weighted by atomic mass is 16.2. The zero-order valence-electron chi connectivity index (χ0n) is 10.6. The van der Waals surface area contributed by atoms with E-state index in [-0.39, 0.29) is 5.91 Å². The van der Waals surface area contributed by atoms with E-state index in [0.717, 1.165) is 24.3 Å². The minimum absolute atomic E-state index is 0.129. The molecule has 1 rings (SSSR count). The third-order valence-electron chi connectivity index (χ3n) is 2.76. The first-order valence-electron chi connectivity index (χ1n) is 6.00. The maximum Gasteiger partial charge on any atom is 0.236 e. The minimum atomic E-state index is 0.129. The molecule has 0 radical (unpaired) electrons. The Labute approximate surface area is 103 Å². The Kier molecular flexibility index (Phi) is 5.49. The molecular weight excluding hydrogens is 214 g/mol. The highest BCUT2D eigenvalue weighted by Crippen LogP contribution is 2.09. The number of carbonyl (C=O) groups excluding carboxylic acids is 1. The average Bonchev–Trinajstić information content (AvgIpc) is 2.33. The molecule has 94 valence electrons. The predicted molar refractivity (Wildman–Crippen MR) is 70.5 cm³/mol. The molecular formula is C13H21N3O.